The largest absolute Gasteiger partial charge is 0.396 e. The Kier molecular flexibility index (Phi) is 6.04. The molecule has 0 bridgehead atoms. The van der Waals surface area contributed by atoms with Crippen LogP contribution in [0.25, 0.3) is 21.5 Å². The Labute approximate surface area is 172 Å². The standard InChI is InChI=1S/C27H27NO/c28-27(18-21-10-13-24-6-2-4-8-26(24)17-21)14-11-22(19-29)15-20-9-12-23-5-1-3-7-25(23)16-20/h1-14,16-17,22,27,29H,15,18-19,28H2. The van der Waals surface area contributed by atoms with Gasteiger partial charge in [0, 0.05) is 18.6 Å². The van der Waals surface area contributed by atoms with Crippen LogP contribution in [0.4, 0.5) is 0 Å². The molecule has 0 radical (unpaired) electrons. The zero-order valence-electron chi connectivity index (χ0n) is 16.5. The second-order valence-electron chi connectivity index (χ2n) is 7.76. The van der Waals surface area contributed by atoms with Crippen molar-refractivity contribution in [2.75, 3.05) is 6.61 Å². The van der Waals surface area contributed by atoms with Crippen LogP contribution in [0.5, 0.6) is 0 Å². The molecule has 0 saturated carbocycles. The average molecular weight is 382 g/mol. The van der Waals surface area contributed by atoms with Gasteiger partial charge in [0.2, 0.25) is 0 Å². The maximum atomic E-state index is 9.83. The molecular weight excluding hydrogens is 354 g/mol. The van der Waals surface area contributed by atoms with Crippen molar-refractivity contribution in [2.24, 2.45) is 11.7 Å². The number of nitrogens with two attached hydrogens (primary N) is 1. The lowest BCUT2D eigenvalue weighted by atomic mass is 9.96. The minimum atomic E-state index is -0.0678. The van der Waals surface area contributed by atoms with Crippen LogP contribution in [0.2, 0.25) is 0 Å². The van der Waals surface area contributed by atoms with Crippen LogP contribution in [-0.4, -0.2) is 17.8 Å². The highest BCUT2D eigenvalue weighted by Gasteiger charge is 2.08. The highest BCUT2D eigenvalue weighted by molar-refractivity contribution is 5.83. The van der Waals surface area contributed by atoms with E-state index >= 15 is 0 Å². The fourth-order valence-electron chi connectivity index (χ4n) is 3.87. The number of rotatable bonds is 7. The van der Waals surface area contributed by atoms with E-state index in [0.29, 0.717) is 0 Å². The highest BCUT2D eigenvalue weighted by Crippen LogP contribution is 2.19. The van der Waals surface area contributed by atoms with Gasteiger partial charge in [-0.2, -0.15) is 0 Å². The maximum absolute atomic E-state index is 9.83. The molecule has 0 fully saturated rings. The van der Waals surface area contributed by atoms with Crippen LogP contribution in [0.3, 0.4) is 0 Å². The molecule has 4 rings (SSSR count). The third-order valence-corrected chi connectivity index (χ3v) is 5.46. The van der Waals surface area contributed by atoms with Gasteiger partial charge in [-0.15, -0.1) is 0 Å². The number of fused-ring (bicyclic) bond motifs is 2. The number of aliphatic hydroxyl groups excluding tert-OH is 1. The summed E-state index contributed by atoms with van der Waals surface area (Å²) in [6.45, 7) is 0.117. The molecule has 0 aliphatic carbocycles. The minimum absolute atomic E-state index is 0.0678. The predicted octanol–water partition coefficient (Wildman–Crippen LogP) is 5.27. The molecule has 2 unspecified atom stereocenters. The number of hydrogen-bond acceptors (Lipinski definition) is 2. The SMILES string of the molecule is NC(C=CC(CO)Cc1ccc2ccccc2c1)Cc1ccc2ccccc2c1. The monoisotopic (exact) mass is 381 g/mol. The van der Waals surface area contributed by atoms with Crippen molar-refractivity contribution < 1.29 is 5.11 Å². The van der Waals surface area contributed by atoms with Crippen LogP contribution in [0.15, 0.2) is 97.1 Å². The fourth-order valence-corrected chi connectivity index (χ4v) is 3.87. The third kappa shape index (κ3) is 4.92. The van der Waals surface area contributed by atoms with E-state index < -0.39 is 0 Å². The maximum Gasteiger partial charge on any atom is 0.0497 e. The van der Waals surface area contributed by atoms with Gasteiger partial charge in [-0.05, 0) is 45.5 Å². The van der Waals surface area contributed by atoms with Crippen molar-refractivity contribution in [2.45, 2.75) is 18.9 Å². The van der Waals surface area contributed by atoms with Gasteiger partial charge in [0.05, 0.1) is 0 Å². The van der Waals surface area contributed by atoms with Crippen LogP contribution in [0, 0.1) is 5.92 Å². The first-order valence-corrected chi connectivity index (χ1v) is 10.2. The van der Waals surface area contributed by atoms with Crippen LogP contribution in [-0.2, 0) is 12.8 Å². The Bertz CT molecular complexity index is 1130. The first-order chi connectivity index (χ1) is 14.2. The van der Waals surface area contributed by atoms with Crippen molar-refractivity contribution in [3.05, 3.63) is 108 Å². The lowest BCUT2D eigenvalue weighted by molar-refractivity contribution is 0.252. The van der Waals surface area contributed by atoms with Gasteiger partial charge in [-0.1, -0.05) is 97.1 Å². The van der Waals surface area contributed by atoms with Crippen molar-refractivity contribution >= 4 is 21.5 Å². The number of hydrogen-bond donors (Lipinski definition) is 2. The summed E-state index contributed by atoms with van der Waals surface area (Å²) in [7, 11) is 0. The van der Waals surface area contributed by atoms with Gasteiger partial charge in [0.15, 0.2) is 0 Å². The van der Waals surface area contributed by atoms with Gasteiger partial charge in [0.1, 0.15) is 0 Å². The van der Waals surface area contributed by atoms with E-state index in [1.54, 1.807) is 0 Å². The molecule has 29 heavy (non-hydrogen) atoms. The Hall–Kier alpha value is -2.94. The van der Waals surface area contributed by atoms with E-state index in [2.05, 4.69) is 91.0 Å². The van der Waals surface area contributed by atoms with Gasteiger partial charge < -0.3 is 10.8 Å². The molecule has 0 aliphatic rings. The zero-order valence-corrected chi connectivity index (χ0v) is 16.5. The quantitative estimate of drug-likeness (QED) is 0.428. The summed E-state index contributed by atoms with van der Waals surface area (Å²) in [6, 6.07) is 29.7. The first kappa shape index (κ1) is 19.4. The molecule has 4 aromatic carbocycles. The minimum Gasteiger partial charge on any atom is -0.396 e. The van der Waals surface area contributed by atoms with Gasteiger partial charge >= 0.3 is 0 Å². The molecule has 0 spiro atoms. The fraction of sp³-hybridized carbons (Fsp3) is 0.185. The molecule has 2 nitrogen and oxygen atoms in total. The summed E-state index contributed by atoms with van der Waals surface area (Å²) >= 11 is 0. The molecule has 2 atom stereocenters. The first-order valence-electron chi connectivity index (χ1n) is 10.2. The molecule has 0 heterocycles. The molecule has 0 saturated heterocycles. The number of benzene rings is 4. The molecule has 146 valence electrons. The van der Waals surface area contributed by atoms with Crippen molar-refractivity contribution in [3.8, 4) is 0 Å². The summed E-state index contributed by atoms with van der Waals surface area (Å²) in [6.07, 6.45) is 5.70. The van der Waals surface area contributed by atoms with Gasteiger partial charge in [-0.25, -0.2) is 0 Å². The number of aliphatic hydroxyl groups is 1. The van der Waals surface area contributed by atoms with E-state index in [9.17, 15) is 5.11 Å². The predicted molar refractivity (Wildman–Crippen MR) is 123 cm³/mol. The van der Waals surface area contributed by atoms with Crippen molar-refractivity contribution in [3.63, 3.8) is 0 Å². The van der Waals surface area contributed by atoms with Gasteiger partial charge in [0.25, 0.3) is 0 Å². The summed E-state index contributed by atoms with van der Waals surface area (Å²) in [4.78, 5) is 0. The zero-order chi connectivity index (χ0) is 20.1. The summed E-state index contributed by atoms with van der Waals surface area (Å²) in [5.41, 5.74) is 8.82. The molecule has 4 aromatic rings. The molecular formula is C27H27NO. The Morgan fingerprint density at radius 1 is 0.655 bits per heavy atom. The average Bonchev–Trinajstić information content (AvgIpc) is 2.76. The second kappa shape index (κ2) is 9.04. The van der Waals surface area contributed by atoms with E-state index in [1.165, 1.54) is 32.7 Å². The molecule has 2 heteroatoms. The molecule has 0 amide bonds. The lowest BCUT2D eigenvalue weighted by Crippen LogP contribution is -2.20. The molecule has 0 aromatic heterocycles. The summed E-state index contributed by atoms with van der Waals surface area (Å²) in [5, 5.41) is 14.8. The Morgan fingerprint density at radius 2 is 1.17 bits per heavy atom. The van der Waals surface area contributed by atoms with Gasteiger partial charge in [-0.3, -0.25) is 0 Å². The van der Waals surface area contributed by atoms with Crippen molar-refractivity contribution in [1.82, 2.24) is 0 Å². The van der Waals surface area contributed by atoms with Crippen LogP contribution >= 0.6 is 0 Å². The summed E-state index contributed by atoms with van der Waals surface area (Å²) in [5.74, 6) is 0.0683. The Balaban J connectivity index is 1.40. The van der Waals surface area contributed by atoms with Crippen LogP contribution < -0.4 is 5.73 Å². The Morgan fingerprint density at radius 3 is 1.72 bits per heavy atom. The summed E-state index contributed by atoms with van der Waals surface area (Å²) < 4.78 is 0. The molecule has 0 aliphatic heterocycles. The molecule has 3 N–H and O–H groups in total. The third-order valence-electron chi connectivity index (χ3n) is 5.46. The van der Waals surface area contributed by atoms with E-state index in [-0.39, 0.29) is 18.6 Å². The van der Waals surface area contributed by atoms with Crippen molar-refractivity contribution in [1.29, 1.82) is 0 Å². The smallest absolute Gasteiger partial charge is 0.0497 e. The normalized spacial score (nSPS) is 13.9. The van der Waals surface area contributed by atoms with Crippen LogP contribution in [0.1, 0.15) is 11.1 Å². The highest BCUT2D eigenvalue weighted by atomic mass is 16.3. The van der Waals surface area contributed by atoms with E-state index in [1.807, 2.05) is 6.08 Å². The van der Waals surface area contributed by atoms with E-state index in [0.717, 1.165) is 12.8 Å². The topological polar surface area (TPSA) is 46.2 Å². The van der Waals surface area contributed by atoms with E-state index in [4.69, 9.17) is 5.73 Å². The second-order valence-corrected chi connectivity index (χ2v) is 7.76. The lowest BCUT2D eigenvalue weighted by Gasteiger charge is -2.13.